The molecule has 2 amide bonds. The van der Waals surface area contributed by atoms with E-state index < -0.39 is 0 Å². The molecule has 2 aromatic rings. The molecule has 3 aliphatic rings. The summed E-state index contributed by atoms with van der Waals surface area (Å²) in [5.41, 5.74) is 1.37. The van der Waals surface area contributed by atoms with Crippen molar-refractivity contribution in [1.29, 1.82) is 0 Å². The van der Waals surface area contributed by atoms with Crippen molar-refractivity contribution in [1.82, 2.24) is 0 Å². The highest BCUT2D eigenvalue weighted by molar-refractivity contribution is 6.32. The zero-order valence-electron chi connectivity index (χ0n) is 24.0. The quantitative estimate of drug-likeness (QED) is 0.178. The highest BCUT2D eigenvalue weighted by atomic mass is 127. The van der Waals surface area contributed by atoms with E-state index in [4.69, 9.17) is 9.47 Å². The van der Waals surface area contributed by atoms with Gasteiger partial charge < -0.3 is 77.0 Å². The van der Waals surface area contributed by atoms with E-state index in [1.54, 1.807) is 36.4 Å². The summed E-state index contributed by atoms with van der Waals surface area (Å²) in [5.74, 6) is -1.16. The topological polar surface area (TPSA) is 111 Å². The summed E-state index contributed by atoms with van der Waals surface area (Å²) in [4.78, 5) is 53.4. The molecule has 2 fully saturated rings. The molecule has 0 bridgehead atoms. The van der Waals surface area contributed by atoms with Crippen molar-refractivity contribution in [2.75, 3.05) is 90.4 Å². The van der Waals surface area contributed by atoms with Crippen LogP contribution in [-0.2, 0) is 19.1 Å². The normalized spacial score (nSPS) is 18.4. The number of quaternary nitrogens is 2. The Balaban J connectivity index is 0.00000242. The number of nitrogens with zero attached hydrogens (tertiary/aromatic N) is 2. The molecular weight excluding hydrogens is 766 g/mol. The van der Waals surface area contributed by atoms with Crippen LogP contribution in [-0.4, -0.2) is 112 Å². The number of anilines is 2. The maximum absolute atomic E-state index is 13.7. The molecule has 228 valence electrons. The number of fused-ring (bicyclic) bond motifs is 2. The maximum atomic E-state index is 13.7. The Kier molecular flexibility index (Phi) is 12.0. The highest BCUT2D eigenvalue weighted by Crippen LogP contribution is 2.36. The second-order valence-electron chi connectivity index (χ2n) is 11.5. The number of likely N-dealkylation sites (N-methyl/N-ethyl adjacent to an activating group) is 2. The third-order valence-electron chi connectivity index (χ3n) is 8.48. The number of carbonyl (C=O) groups excluding carboxylic acids is 4. The molecule has 0 spiro atoms. The number of carbonyl (C=O) groups is 4. The summed E-state index contributed by atoms with van der Waals surface area (Å²) in [5, 5.41) is 5.76. The van der Waals surface area contributed by atoms with Gasteiger partial charge in [0.25, 0.3) is 0 Å². The predicted octanol–water partition coefficient (Wildman–Crippen LogP) is -3.92. The van der Waals surface area contributed by atoms with Crippen molar-refractivity contribution in [3.8, 4) is 0 Å². The predicted molar refractivity (Wildman–Crippen MR) is 149 cm³/mol. The zero-order valence-corrected chi connectivity index (χ0v) is 28.4. The van der Waals surface area contributed by atoms with Crippen LogP contribution in [0.4, 0.5) is 11.4 Å². The van der Waals surface area contributed by atoms with Crippen molar-refractivity contribution in [3.63, 3.8) is 0 Å². The number of nitrogens with one attached hydrogen (secondary N) is 2. The Morgan fingerprint density at radius 1 is 0.667 bits per heavy atom. The van der Waals surface area contributed by atoms with Gasteiger partial charge in [0, 0.05) is 11.1 Å². The SMILES string of the molecule is C[N+]1(CCC(=O)Nc2ccc(NC(=O)CC[N+]3(C)CCOCC3)c3c2C(=O)c2ccccc2C3=O)CCOCC1.[I-].[I-]. The van der Waals surface area contributed by atoms with E-state index in [2.05, 4.69) is 24.7 Å². The molecule has 1 aliphatic carbocycles. The second-order valence-corrected chi connectivity index (χ2v) is 11.5. The van der Waals surface area contributed by atoms with Crippen molar-refractivity contribution in [3.05, 3.63) is 58.7 Å². The first kappa shape index (κ1) is 34.5. The van der Waals surface area contributed by atoms with Crippen LogP contribution in [0.2, 0.25) is 0 Å². The van der Waals surface area contributed by atoms with Crippen LogP contribution in [0.15, 0.2) is 36.4 Å². The summed E-state index contributed by atoms with van der Waals surface area (Å²) < 4.78 is 12.4. The number of halogens is 2. The molecule has 0 radical (unpaired) electrons. The van der Waals surface area contributed by atoms with Gasteiger partial charge in [-0.3, -0.25) is 19.2 Å². The molecular formula is C30H38I2N4O6. The Morgan fingerprint density at radius 2 is 1.02 bits per heavy atom. The molecule has 2 aromatic carbocycles. The smallest absolute Gasteiger partial charge is 0.230 e. The highest BCUT2D eigenvalue weighted by Gasteiger charge is 2.35. The minimum Gasteiger partial charge on any atom is -1.00 e. The van der Waals surface area contributed by atoms with Crippen molar-refractivity contribution < 1.29 is 85.6 Å². The molecule has 2 saturated heterocycles. The first-order valence-corrected chi connectivity index (χ1v) is 14.0. The summed E-state index contributed by atoms with van der Waals surface area (Å²) >= 11 is 0. The molecule has 0 atom stereocenters. The fourth-order valence-electron chi connectivity index (χ4n) is 5.61. The molecule has 10 nitrogen and oxygen atoms in total. The Labute approximate surface area is 280 Å². The summed E-state index contributed by atoms with van der Waals surface area (Å²) in [6.45, 7) is 7.32. The largest absolute Gasteiger partial charge is 1.00 e. The van der Waals surface area contributed by atoms with Gasteiger partial charge in [0.05, 0.1) is 89.0 Å². The molecule has 5 rings (SSSR count). The Hall–Kier alpha value is -1.98. The van der Waals surface area contributed by atoms with Gasteiger partial charge >= 0.3 is 0 Å². The number of hydrogen-bond acceptors (Lipinski definition) is 6. The van der Waals surface area contributed by atoms with Crippen LogP contribution >= 0.6 is 0 Å². The number of amides is 2. The lowest BCUT2D eigenvalue weighted by atomic mass is 9.82. The van der Waals surface area contributed by atoms with Gasteiger partial charge in [-0.05, 0) is 12.1 Å². The number of morpholine rings is 2. The third-order valence-corrected chi connectivity index (χ3v) is 8.48. The van der Waals surface area contributed by atoms with Gasteiger partial charge in [-0.1, -0.05) is 24.3 Å². The Morgan fingerprint density at radius 3 is 1.38 bits per heavy atom. The fourth-order valence-corrected chi connectivity index (χ4v) is 5.61. The molecule has 0 saturated carbocycles. The lowest BCUT2D eigenvalue weighted by Crippen LogP contribution is -3.00. The minimum absolute atomic E-state index is 0. The average Bonchev–Trinajstić information content (AvgIpc) is 2.95. The van der Waals surface area contributed by atoms with Gasteiger partial charge in [0.15, 0.2) is 11.6 Å². The maximum Gasteiger partial charge on any atom is 0.230 e. The van der Waals surface area contributed by atoms with Crippen LogP contribution in [0.5, 0.6) is 0 Å². The lowest BCUT2D eigenvalue weighted by molar-refractivity contribution is -0.916. The van der Waals surface area contributed by atoms with Gasteiger partial charge in [-0.15, -0.1) is 0 Å². The van der Waals surface area contributed by atoms with Gasteiger partial charge in [0.1, 0.15) is 26.2 Å². The van der Waals surface area contributed by atoms with Crippen LogP contribution in [0.3, 0.4) is 0 Å². The van der Waals surface area contributed by atoms with E-state index in [0.717, 1.165) is 35.1 Å². The molecule has 2 aliphatic heterocycles. The van der Waals surface area contributed by atoms with Crippen molar-refractivity contribution >= 4 is 34.8 Å². The fraction of sp³-hybridized carbons (Fsp3) is 0.467. The monoisotopic (exact) mass is 804 g/mol. The molecule has 12 heteroatoms. The number of rotatable bonds is 8. The van der Waals surface area contributed by atoms with E-state index in [0.29, 0.717) is 39.5 Å². The molecule has 2 N–H and O–H groups in total. The number of ether oxygens (including phenoxy) is 2. The van der Waals surface area contributed by atoms with Crippen molar-refractivity contribution in [2.45, 2.75) is 12.8 Å². The Bertz CT molecular complexity index is 1240. The number of ketones is 2. The number of hydrogen-bond donors (Lipinski definition) is 2. The minimum atomic E-state index is -0.352. The van der Waals surface area contributed by atoms with Crippen LogP contribution < -0.4 is 58.6 Å². The molecule has 2 heterocycles. The third kappa shape index (κ3) is 7.75. The molecule has 0 unspecified atom stereocenters. The van der Waals surface area contributed by atoms with E-state index >= 15 is 0 Å². The lowest BCUT2D eigenvalue weighted by Gasteiger charge is -2.37. The van der Waals surface area contributed by atoms with Crippen LogP contribution in [0.25, 0.3) is 0 Å². The standard InChI is InChI=1S/C30H36N4O6.2HI/c1-33(13-17-39-18-14-33)11-9-25(35)31-23-7-8-24(32-26(36)10-12-34(2)15-19-40-20-16-34)28-27(23)29(37)21-5-3-4-6-22(21)30(28)38;;/h3-8H,9-20H2,1-2H3;2*1H. The van der Waals surface area contributed by atoms with Crippen LogP contribution in [0.1, 0.15) is 44.7 Å². The number of benzene rings is 2. The summed E-state index contributed by atoms with van der Waals surface area (Å²) in [7, 11) is 4.21. The van der Waals surface area contributed by atoms with E-state index in [-0.39, 0.29) is 118 Å². The second kappa shape index (κ2) is 14.7. The van der Waals surface area contributed by atoms with Crippen molar-refractivity contribution in [2.24, 2.45) is 0 Å². The molecule has 42 heavy (non-hydrogen) atoms. The summed E-state index contributed by atoms with van der Waals surface area (Å²) in [6, 6.07) is 9.86. The van der Waals surface area contributed by atoms with E-state index in [1.807, 2.05) is 0 Å². The van der Waals surface area contributed by atoms with Gasteiger partial charge in [-0.25, -0.2) is 0 Å². The first-order valence-electron chi connectivity index (χ1n) is 14.0. The van der Waals surface area contributed by atoms with Gasteiger partial charge in [0.2, 0.25) is 11.8 Å². The summed E-state index contributed by atoms with van der Waals surface area (Å²) in [6.07, 6.45) is 0.537. The van der Waals surface area contributed by atoms with Gasteiger partial charge in [-0.2, -0.15) is 0 Å². The zero-order chi connectivity index (χ0) is 28.3. The van der Waals surface area contributed by atoms with E-state index in [9.17, 15) is 19.2 Å². The molecule has 0 aromatic heterocycles. The first-order chi connectivity index (χ1) is 19.2. The van der Waals surface area contributed by atoms with Crippen LogP contribution in [0, 0.1) is 0 Å². The average molecular weight is 804 g/mol. The van der Waals surface area contributed by atoms with E-state index in [1.165, 1.54) is 0 Å².